The van der Waals surface area contributed by atoms with Gasteiger partial charge < -0.3 is 24.7 Å². The van der Waals surface area contributed by atoms with Gasteiger partial charge in [-0.15, -0.1) is 0 Å². The molecule has 8 heteroatoms. The van der Waals surface area contributed by atoms with Crippen molar-refractivity contribution in [3.05, 3.63) is 45.2 Å². The molecule has 0 spiro atoms. The van der Waals surface area contributed by atoms with Crippen LogP contribution in [-0.2, 0) is 16.0 Å². The van der Waals surface area contributed by atoms with Crippen LogP contribution in [0.2, 0.25) is 0 Å². The molecule has 1 aromatic heterocycles. The number of aromatic nitrogens is 1. The van der Waals surface area contributed by atoms with Gasteiger partial charge in [0.1, 0.15) is 0 Å². The summed E-state index contributed by atoms with van der Waals surface area (Å²) >= 11 is 5.78. The first-order valence-corrected chi connectivity index (χ1v) is 12.5. The molecule has 0 saturated carbocycles. The van der Waals surface area contributed by atoms with E-state index in [-0.39, 0.29) is 11.7 Å². The number of nitrogens with one attached hydrogen (secondary N) is 2. The molecule has 2 fully saturated rings. The number of H-pyrrole nitrogens is 1. The van der Waals surface area contributed by atoms with Gasteiger partial charge in [-0.25, -0.2) is 0 Å². The van der Waals surface area contributed by atoms with Gasteiger partial charge in [0.05, 0.1) is 31.4 Å². The van der Waals surface area contributed by atoms with Crippen molar-refractivity contribution in [3.8, 4) is 0 Å². The third-order valence-electron chi connectivity index (χ3n) is 6.68. The molecule has 7 nitrogen and oxygen atoms in total. The molecule has 180 valence electrons. The van der Waals surface area contributed by atoms with Crippen molar-refractivity contribution in [2.24, 2.45) is 0 Å². The largest absolute Gasteiger partial charge is 0.379 e. The molecular formula is C25H36N4O3S. The van der Waals surface area contributed by atoms with Crippen LogP contribution in [0.3, 0.4) is 0 Å². The van der Waals surface area contributed by atoms with Crippen molar-refractivity contribution >= 4 is 28.2 Å². The van der Waals surface area contributed by atoms with E-state index >= 15 is 0 Å². The zero-order chi connectivity index (χ0) is 23.2. The Morgan fingerprint density at radius 2 is 2.03 bits per heavy atom. The highest BCUT2D eigenvalue weighted by atomic mass is 32.1. The molecule has 0 amide bonds. The molecule has 1 aromatic carbocycles. The van der Waals surface area contributed by atoms with E-state index in [9.17, 15) is 4.79 Å². The molecule has 2 aromatic rings. The summed E-state index contributed by atoms with van der Waals surface area (Å²) in [7, 11) is 0. The molecule has 1 atom stereocenters. The van der Waals surface area contributed by atoms with E-state index < -0.39 is 0 Å². The van der Waals surface area contributed by atoms with Gasteiger partial charge in [-0.05, 0) is 62.5 Å². The molecule has 33 heavy (non-hydrogen) atoms. The van der Waals surface area contributed by atoms with Crippen LogP contribution in [-0.4, -0.2) is 78.5 Å². The Bertz CT molecular complexity index is 1010. The Kier molecular flexibility index (Phi) is 8.35. The Balaban J connectivity index is 1.47. The van der Waals surface area contributed by atoms with Crippen LogP contribution in [0, 0.1) is 13.8 Å². The number of pyridine rings is 1. The molecule has 0 bridgehead atoms. The van der Waals surface area contributed by atoms with E-state index in [1.165, 1.54) is 0 Å². The number of aromatic amines is 1. The first-order chi connectivity index (χ1) is 16.0. The van der Waals surface area contributed by atoms with E-state index in [2.05, 4.69) is 39.2 Å². The lowest BCUT2D eigenvalue weighted by Gasteiger charge is -2.30. The van der Waals surface area contributed by atoms with Crippen LogP contribution in [0.5, 0.6) is 0 Å². The number of rotatable bonds is 8. The minimum Gasteiger partial charge on any atom is -0.379 e. The van der Waals surface area contributed by atoms with Gasteiger partial charge in [0.15, 0.2) is 5.11 Å². The first-order valence-electron chi connectivity index (χ1n) is 12.1. The monoisotopic (exact) mass is 472 g/mol. The average Bonchev–Trinajstić information content (AvgIpc) is 3.34. The quantitative estimate of drug-likeness (QED) is 0.573. The molecule has 0 unspecified atom stereocenters. The van der Waals surface area contributed by atoms with Crippen molar-refractivity contribution < 1.29 is 9.47 Å². The molecular weight excluding hydrogens is 436 g/mol. The number of hydrogen-bond donors (Lipinski definition) is 2. The molecule has 0 aliphatic carbocycles. The summed E-state index contributed by atoms with van der Waals surface area (Å²) in [6.45, 7) is 11.5. The van der Waals surface area contributed by atoms with E-state index in [0.717, 1.165) is 92.9 Å². The van der Waals surface area contributed by atoms with Gasteiger partial charge in [-0.1, -0.05) is 12.1 Å². The minimum absolute atomic E-state index is 0.0451. The zero-order valence-corrected chi connectivity index (χ0v) is 20.6. The molecule has 2 aliphatic rings. The lowest BCUT2D eigenvalue weighted by Crippen LogP contribution is -2.44. The molecule has 0 radical (unpaired) electrons. The van der Waals surface area contributed by atoms with E-state index in [1.807, 2.05) is 13.0 Å². The maximum Gasteiger partial charge on any atom is 0.253 e. The summed E-state index contributed by atoms with van der Waals surface area (Å²) < 4.78 is 11.2. The van der Waals surface area contributed by atoms with Crippen molar-refractivity contribution in [2.45, 2.75) is 45.8 Å². The summed E-state index contributed by atoms with van der Waals surface area (Å²) in [5, 5.41) is 5.18. The predicted octanol–water partition coefficient (Wildman–Crippen LogP) is 2.72. The van der Waals surface area contributed by atoms with Gasteiger partial charge in [-0.2, -0.15) is 0 Å². The third-order valence-corrected chi connectivity index (χ3v) is 7.08. The molecule has 4 rings (SSSR count). The average molecular weight is 473 g/mol. The number of nitrogens with zero attached hydrogens (tertiary/aromatic N) is 2. The third kappa shape index (κ3) is 6.32. The lowest BCUT2D eigenvalue weighted by molar-refractivity contribution is 0.0367. The van der Waals surface area contributed by atoms with Gasteiger partial charge in [0.2, 0.25) is 0 Å². The van der Waals surface area contributed by atoms with Crippen molar-refractivity contribution in [3.63, 3.8) is 0 Å². The summed E-state index contributed by atoms with van der Waals surface area (Å²) in [6.07, 6.45) is 3.36. The van der Waals surface area contributed by atoms with Gasteiger partial charge in [-0.3, -0.25) is 9.69 Å². The van der Waals surface area contributed by atoms with Gasteiger partial charge in [0.25, 0.3) is 5.56 Å². The van der Waals surface area contributed by atoms with Crippen LogP contribution in [0.15, 0.2) is 23.0 Å². The molecule has 2 aliphatic heterocycles. The van der Waals surface area contributed by atoms with Gasteiger partial charge >= 0.3 is 0 Å². The van der Waals surface area contributed by atoms with Gasteiger partial charge in [0, 0.05) is 50.3 Å². The maximum absolute atomic E-state index is 13.0. The summed E-state index contributed by atoms with van der Waals surface area (Å²) in [6, 6.07) is 6.19. The van der Waals surface area contributed by atoms with Crippen molar-refractivity contribution in [1.29, 1.82) is 0 Å². The summed E-state index contributed by atoms with van der Waals surface area (Å²) in [4.78, 5) is 20.6. The number of benzene rings is 1. The summed E-state index contributed by atoms with van der Waals surface area (Å²) in [5.41, 5.74) is 3.85. The lowest BCUT2D eigenvalue weighted by atomic mass is 10.0. The number of morpholine rings is 1. The zero-order valence-electron chi connectivity index (χ0n) is 19.8. The van der Waals surface area contributed by atoms with E-state index in [4.69, 9.17) is 21.7 Å². The number of fused-ring (bicyclic) bond motifs is 1. The standard InChI is InChI=1S/C25H36N4O3S/c1-18-6-7-19(2)23-22(18)15-20(24(30)27-23)17-29(9-4-8-28-10-13-31-14-11-28)25(33)26-16-21-5-3-12-32-21/h6-7,15,21H,3-5,8-14,16-17H2,1-2H3,(H,26,33)(H,27,30)/t21-/m1/s1. The Labute approximate surface area is 201 Å². The smallest absolute Gasteiger partial charge is 0.253 e. The van der Waals surface area contributed by atoms with Crippen molar-refractivity contribution in [1.82, 2.24) is 20.1 Å². The fourth-order valence-corrected chi connectivity index (χ4v) is 4.86. The van der Waals surface area contributed by atoms with Crippen LogP contribution < -0.4 is 10.9 Å². The van der Waals surface area contributed by atoms with Crippen LogP contribution in [0.25, 0.3) is 10.9 Å². The maximum atomic E-state index is 13.0. The highest BCUT2D eigenvalue weighted by Crippen LogP contribution is 2.20. The Morgan fingerprint density at radius 1 is 1.24 bits per heavy atom. The minimum atomic E-state index is -0.0451. The number of ether oxygens (including phenoxy) is 2. The second kappa shape index (κ2) is 11.4. The second-order valence-electron chi connectivity index (χ2n) is 9.16. The normalized spacial score (nSPS) is 19.2. The van der Waals surface area contributed by atoms with Crippen molar-refractivity contribution in [2.75, 3.05) is 52.5 Å². The first kappa shape index (κ1) is 24.1. The fourth-order valence-electron chi connectivity index (χ4n) is 4.62. The van der Waals surface area contributed by atoms with Crippen LogP contribution in [0.4, 0.5) is 0 Å². The topological polar surface area (TPSA) is 69.8 Å². The highest BCUT2D eigenvalue weighted by molar-refractivity contribution is 7.80. The number of aryl methyl sites for hydroxylation is 2. The Hall–Kier alpha value is -2.00. The Morgan fingerprint density at radius 3 is 2.79 bits per heavy atom. The number of hydrogen-bond acceptors (Lipinski definition) is 5. The van der Waals surface area contributed by atoms with E-state index in [0.29, 0.717) is 18.2 Å². The summed E-state index contributed by atoms with van der Waals surface area (Å²) in [5.74, 6) is 0. The molecule has 2 N–H and O–H groups in total. The fraction of sp³-hybridized carbons (Fsp3) is 0.600. The van der Waals surface area contributed by atoms with Crippen LogP contribution in [0.1, 0.15) is 36.0 Å². The predicted molar refractivity (Wildman–Crippen MR) is 136 cm³/mol. The second-order valence-corrected chi connectivity index (χ2v) is 9.55. The van der Waals surface area contributed by atoms with E-state index in [1.54, 1.807) is 0 Å². The molecule has 2 saturated heterocycles. The van der Waals surface area contributed by atoms with Crippen LogP contribution >= 0.6 is 12.2 Å². The highest BCUT2D eigenvalue weighted by Gasteiger charge is 2.19. The number of thiocarbonyl (C=S) groups is 1. The molecule has 3 heterocycles. The SMILES string of the molecule is Cc1ccc(C)c2[nH]c(=O)c(CN(CCCN3CCOCC3)C(=S)NC[C@H]3CCCO3)cc12.